The van der Waals surface area contributed by atoms with Crippen molar-refractivity contribution in [1.29, 1.82) is 0 Å². The van der Waals surface area contributed by atoms with Crippen LogP contribution in [0.1, 0.15) is 18.7 Å². The molecule has 10 heteroatoms. The molecule has 0 radical (unpaired) electrons. The van der Waals surface area contributed by atoms with Crippen LogP contribution in [0.5, 0.6) is 0 Å². The van der Waals surface area contributed by atoms with Crippen LogP contribution >= 0.6 is 11.6 Å². The first-order valence-corrected chi connectivity index (χ1v) is 9.44. The number of carbonyl (C=O) groups is 1. The Morgan fingerprint density at radius 1 is 1.44 bits per heavy atom. The van der Waals surface area contributed by atoms with Crippen molar-refractivity contribution in [2.75, 3.05) is 13.1 Å². The van der Waals surface area contributed by atoms with Crippen molar-refractivity contribution in [1.82, 2.24) is 14.4 Å². The smallest absolute Gasteiger partial charge is 0.307 e. The molecule has 25 heavy (non-hydrogen) atoms. The molecule has 0 amide bonds. The lowest BCUT2D eigenvalue weighted by Gasteiger charge is -2.30. The SMILES string of the molecule is Cc1nc(-c2ccc(Cl)c(S(=O)(=O)N3CCCC(C(=O)O)C3)c2)no1. The van der Waals surface area contributed by atoms with Gasteiger partial charge in [0.1, 0.15) is 4.90 Å². The summed E-state index contributed by atoms with van der Waals surface area (Å²) in [6.45, 7) is 1.82. The normalized spacial score (nSPS) is 19.0. The first-order chi connectivity index (χ1) is 11.8. The van der Waals surface area contributed by atoms with E-state index in [2.05, 4.69) is 10.1 Å². The number of piperidine rings is 1. The molecule has 1 aliphatic heterocycles. The average molecular weight is 386 g/mol. The van der Waals surface area contributed by atoms with Gasteiger partial charge in [0.25, 0.3) is 0 Å². The molecule has 2 heterocycles. The van der Waals surface area contributed by atoms with Gasteiger partial charge in [-0.25, -0.2) is 8.42 Å². The van der Waals surface area contributed by atoms with Crippen LogP contribution in [0.4, 0.5) is 0 Å². The van der Waals surface area contributed by atoms with E-state index in [1.807, 2.05) is 0 Å². The zero-order valence-corrected chi connectivity index (χ0v) is 14.9. The molecule has 1 aliphatic rings. The van der Waals surface area contributed by atoms with Gasteiger partial charge in [-0.1, -0.05) is 16.8 Å². The second kappa shape index (κ2) is 6.74. The van der Waals surface area contributed by atoms with Crippen molar-refractivity contribution in [3.05, 3.63) is 29.1 Å². The summed E-state index contributed by atoms with van der Waals surface area (Å²) in [6.07, 6.45) is 0.939. The molecule has 0 spiro atoms. The number of aryl methyl sites for hydroxylation is 1. The maximum absolute atomic E-state index is 12.9. The molecular weight excluding hydrogens is 370 g/mol. The van der Waals surface area contributed by atoms with Gasteiger partial charge in [-0.15, -0.1) is 0 Å². The monoisotopic (exact) mass is 385 g/mol. The first-order valence-electron chi connectivity index (χ1n) is 7.62. The standard InChI is InChI=1S/C15H16ClN3O5S/c1-9-17-14(18-24-9)10-4-5-12(16)13(7-10)25(22,23)19-6-2-3-11(8-19)15(20)21/h4-5,7,11H,2-3,6,8H2,1H3,(H,20,21). The Kier molecular flexibility index (Phi) is 4.81. The minimum absolute atomic E-state index is 0.0569. The quantitative estimate of drug-likeness (QED) is 0.857. The summed E-state index contributed by atoms with van der Waals surface area (Å²) in [5.41, 5.74) is 0.451. The highest BCUT2D eigenvalue weighted by molar-refractivity contribution is 7.89. The van der Waals surface area contributed by atoms with Crippen LogP contribution in [0.25, 0.3) is 11.4 Å². The number of nitrogens with zero attached hydrogens (tertiary/aromatic N) is 3. The number of carboxylic acid groups (broad SMARTS) is 1. The molecule has 1 N–H and O–H groups in total. The molecular formula is C15H16ClN3O5S. The van der Waals surface area contributed by atoms with Crippen LogP contribution in [-0.4, -0.2) is 47.0 Å². The molecule has 1 saturated heterocycles. The number of hydrogen-bond donors (Lipinski definition) is 1. The number of benzene rings is 1. The Hall–Kier alpha value is -1.97. The van der Waals surface area contributed by atoms with E-state index in [1.165, 1.54) is 16.4 Å². The van der Waals surface area contributed by atoms with E-state index in [0.29, 0.717) is 24.3 Å². The third-order valence-electron chi connectivity index (χ3n) is 4.07. The molecule has 0 bridgehead atoms. The van der Waals surface area contributed by atoms with Gasteiger partial charge in [0.2, 0.25) is 21.7 Å². The van der Waals surface area contributed by atoms with Crippen LogP contribution in [0, 0.1) is 12.8 Å². The van der Waals surface area contributed by atoms with Gasteiger partial charge in [-0.2, -0.15) is 9.29 Å². The molecule has 134 valence electrons. The summed E-state index contributed by atoms with van der Waals surface area (Å²) in [7, 11) is -3.93. The van der Waals surface area contributed by atoms with Gasteiger partial charge in [0.15, 0.2) is 0 Å². The molecule has 0 saturated carbocycles. The van der Waals surface area contributed by atoms with Crippen molar-refractivity contribution >= 4 is 27.6 Å². The first kappa shape index (κ1) is 17.8. The number of halogens is 1. The molecule has 1 aromatic carbocycles. The van der Waals surface area contributed by atoms with E-state index in [1.54, 1.807) is 13.0 Å². The van der Waals surface area contributed by atoms with Crippen LogP contribution in [0.3, 0.4) is 0 Å². The molecule has 8 nitrogen and oxygen atoms in total. The topological polar surface area (TPSA) is 114 Å². The zero-order valence-electron chi connectivity index (χ0n) is 13.3. The Balaban J connectivity index is 1.98. The predicted molar refractivity (Wildman–Crippen MR) is 88.6 cm³/mol. The number of rotatable bonds is 4. The summed E-state index contributed by atoms with van der Waals surface area (Å²) in [6, 6.07) is 4.43. The van der Waals surface area contributed by atoms with Gasteiger partial charge < -0.3 is 9.63 Å². The number of sulfonamides is 1. The minimum atomic E-state index is -3.93. The minimum Gasteiger partial charge on any atom is -0.481 e. The fraction of sp³-hybridized carbons (Fsp3) is 0.400. The molecule has 1 aromatic heterocycles. The maximum atomic E-state index is 12.9. The van der Waals surface area contributed by atoms with E-state index >= 15 is 0 Å². The lowest BCUT2D eigenvalue weighted by Crippen LogP contribution is -2.42. The van der Waals surface area contributed by atoms with E-state index in [9.17, 15) is 13.2 Å². The second-order valence-corrected chi connectivity index (χ2v) is 8.14. The van der Waals surface area contributed by atoms with Crippen LogP contribution < -0.4 is 0 Å². The number of aliphatic carboxylic acids is 1. The summed E-state index contributed by atoms with van der Waals surface area (Å²) < 4.78 is 32.0. The summed E-state index contributed by atoms with van der Waals surface area (Å²) in [5.74, 6) is -1.10. The van der Waals surface area contributed by atoms with Gasteiger partial charge >= 0.3 is 5.97 Å². The van der Waals surface area contributed by atoms with E-state index in [-0.39, 0.29) is 28.8 Å². The fourth-order valence-electron chi connectivity index (χ4n) is 2.76. The predicted octanol–water partition coefficient (Wildman–Crippen LogP) is 2.18. The van der Waals surface area contributed by atoms with Gasteiger partial charge in [0.05, 0.1) is 10.9 Å². The van der Waals surface area contributed by atoms with Gasteiger partial charge in [-0.3, -0.25) is 4.79 Å². The molecule has 3 rings (SSSR count). The fourth-order valence-corrected chi connectivity index (χ4v) is 4.78. The van der Waals surface area contributed by atoms with Crippen molar-refractivity contribution < 1.29 is 22.8 Å². The van der Waals surface area contributed by atoms with Crippen molar-refractivity contribution in [3.8, 4) is 11.4 Å². The summed E-state index contributed by atoms with van der Waals surface area (Å²) >= 11 is 6.11. The lowest BCUT2D eigenvalue weighted by molar-refractivity contribution is -0.142. The summed E-state index contributed by atoms with van der Waals surface area (Å²) in [4.78, 5) is 15.2. The Labute approximate surface area is 149 Å². The zero-order chi connectivity index (χ0) is 18.2. The number of carboxylic acids is 1. The van der Waals surface area contributed by atoms with E-state index in [0.717, 1.165) is 0 Å². The van der Waals surface area contributed by atoms with Gasteiger partial charge in [0, 0.05) is 25.6 Å². The Morgan fingerprint density at radius 3 is 2.84 bits per heavy atom. The Bertz CT molecular complexity index is 912. The van der Waals surface area contributed by atoms with Gasteiger partial charge in [-0.05, 0) is 31.0 Å². The summed E-state index contributed by atoms with van der Waals surface area (Å²) in [5, 5.41) is 13.0. The highest BCUT2D eigenvalue weighted by Crippen LogP contribution is 2.31. The molecule has 1 atom stereocenters. The van der Waals surface area contributed by atoms with E-state index < -0.39 is 21.9 Å². The highest BCUT2D eigenvalue weighted by atomic mass is 35.5. The van der Waals surface area contributed by atoms with Crippen molar-refractivity contribution in [2.24, 2.45) is 5.92 Å². The van der Waals surface area contributed by atoms with Crippen molar-refractivity contribution in [3.63, 3.8) is 0 Å². The third kappa shape index (κ3) is 3.53. The van der Waals surface area contributed by atoms with E-state index in [4.69, 9.17) is 21.2 Å². The third-order valence-corrected chi connectivity index (χ3v) is 6.41. The average Bonchev–Trinajstić information content (AvgIpc) is 3.01. The van der Waals surface area contributed by atoms with Crippen LogP contribution in [0.2, 0.25) is 5.02 Å². The lowest BCUT2D eigenvalue weighted by atomic mass is 10.0. The van der Waals surface area contributed by atoms with Crippen LogP contribution in [-0.2, 0) is 14.8 Å². The number of hydrogen-bond acceptors (Lipinski definition) is 6. The number of aromatic nitrogens is 2. The highest BCUT2D eigenvalue weighted by Gasteiger charge is 2.34. The Morgan fingerprint density at radius 2 is 2.20 bits per heavy atom. The van der Waals surface area contributed by atoms with Crippen LogP contribution in [0.15, 0.2) is 27.6 Å². The molecule has 1 unspecified atom stereocenters. The second-order valence-electron chi connectivity index (χ2n) is 5.82. The molecule has 2 aromatic rings. The molecule has 0 aliphatic carbocycles. The maximum Gasteiger partial charge on any atom is 0.307 e. The van der Waals surface area contributed by atoms with Crippen molar-refractivity contribution in [2.45, 2.75) is 24.7 Å². The largest absolute Gasteiger partial charge is 0.481 e. The molecule has 1 fully saturated rings.